The van der Waals surface area contributed by atoms with Crippen LogP contribution in [0.4, 0.5) is 22.2 Å². The number of piperazine rings is 1. The second-order valence-electron chi connectivity index (χ2n) is 9.48. The van der Waals surface area contributed by atoms with E-state index in [1.54, 1.807) is 0 Å². The smallest absolute Gasteiger partial charge is 0.408 e. The molecule has 35 heavy (non-hydrogen) atoms. The van der Waals surface area contributed by atoms with Gasteiger partial charge in [0.05, 0.1) is 17.8 Å². The van der Waals surface area contributed by atoms with E-state index in [9.17, 15) is 9.90 Å². The van der Waals surface area contributed by atoms with Crippen LogP contribution in [0.1, 0.15) is 36.5 Å². The van der Waals surface area contributed by atoms with E-state index in [0.29, 0.717) is 17.5 Å². The molecule has 4 heterocycles. The number of carbonyl (C=O) groups is 1. The highest BCUT2D eigenvalue weighted by atomic mass is 16.4. The Morgan fingerprint density at radius 1 is 1.11 bits per heavy atom. The van der Waals surface area contributed by atoms with Crippen molar-refractivity contribution in [2.45, 2.75) is 25.9 Å². The largest absolute Gasteiger partial charge is 0.465 e. The number of fused-ring (bicyclic) bond motifs is 1. The molecule has 0 radical (unpaired) electrons. The zero-order valence-electron chi connectivity index (χ0n) is 20.2. The van der Waals surface area contributed by atoms with Gasteiger partial charge in [0.15, 0.2) is 11.6 Å². The molecule has 0 aliphatic carbocycles. The predicted octanol–water partition coefficient (Wildman–Crippen LogP) is 3.59. The maximum Gasteiger partial charge on any atom is 0.408 e. The van der Waals surface area contributed by atoms with Crippen LogP contribution >= 0.6 is 0 Å². The molecule has 1 saturated heterocycles. The van der Waals surface area contributed by atoms with E-state index in [1.165, 1.54) is 4.90 Å². The van der Waals surface area contributed by atoms with Gasteiger partial charge in [0.1, 0.15) is 11.6 Å². The molecule has 10 nitrogen and oxygen atoms in total. The molecule has 10 heteroatoms. The monoisotopic (exact) mass is 474 g/mol. The van der Waals surface area contributed by atoms with Crippen molar-refractivity contribution in [2.24, 2.45) is 0 Å². The lowest BCUT2D eigenvalue weighted by Gasteiger charge is -2.33. The summed E-state index contributed by atoms with van der Waals surface area (Å²) in [7, 11) is 2.12. The molecule has 1 fully saturated rings. The van der Waals surface area contributed by atoms with E-state index in [4.69, 9.17) is 9.97 Å². The van der Waals surface area contributed by atoms with Crippen LogP contribution in [0.2, 0.25) is 0 Å². The van der Waals surface area contributed by atoms with Crippen molar-refractivity contribution in [3.63, 3.8) is 0 Å². The van der Waals surface area contributed by atoms with Gasteiger partial charge in [-0.2, -0.15) is 5.10 Å². The lowest BCUT2D eigenvalue weighted by atomic mass is 10.0. The van der Waals surface area contributed by atoms with Crippen molar-refractivity contribution in [3.05, 3.63) is 59.0 Å². The van der Waals surface area contributed by atoms with Gasteiger partial charge in [0.25, 0.3) is 0 Å². The summed E-state index contributed by atoms with van der Waals surface area (Å²) in [5.41, 5.74) is 2.00. The maximum atomic E-state index is 11.8. The second-order valence-corrected chi connectivity index (χ2v) is 9.48. The van der Waals surface area contributed by atoms with Gasteiger partial charge in [0, 0.05) is 37.8 Å². The predicted molar refractivity (Wildman–Crippen MR) is 136 cm³/mol. The van der Waals surface area contributed by atoms with Gasteiger partial charge >= 0.3 is 6.09 Å². The van der Waals surface area contributed by atoms with E-state index < -0.39 is 11.6 Å². The highest BCUT2D eigenvalue weighted by Gasteiger charge is 2.43. The maximum absolute atomic E-state index is 11.8. The number of nitrogens with one attached hydrogen (secondary N) is 2. The van der Waals surface area contributed by atoms with Gasteiger partial charge in [-0.1, -0.05) is 36.4 Å². The van der Waals surface area contributed by atoms with Crippen LogP contribution in [-0.2, 0) is 12.1 Å². The Labute approximate surface area is 204 Å². The van der Waals surface area contributed by atoms with Crippen molar-refractivity contribution in [3.8, 4) is 0 Å². The highest BCUT2D eigenvalue weighted by Crippen LogP contribution is 2.41. The zero-order chi connectivity index (χ0) is 24.6. The van der Waals surface area contributed by atoms with Crippen LogP contribution < -0.4 is 10.2 Å². The number of benzene rings is 1. The number of anilines is 3. The molecule has 5 rings (SSSR count). The van der Waals surface area contributed by atoms with Gasteiger partial charge in [0.2, 0.25) is 0 Å². The van der Waals surface area contributed by atoms with Gasteiger partial charge in [-0.15, -0.1) is 0 Å². The molecular weight excluding hydrogens is 444 g/mol. The molecule has 1 amide bonds. The summed E-state index contributed by atoms with van der Waals surface area (Å²) in [5, 5.41) is 20.4. The minimum atomic E-state index is -0.960. The molecule has 3 N–H and O–H groups in total. The van der Waals surface area contributed by atoms with Crippen molar-refractivity contribution in [1.29, 1.82) is 0 Å². The molecule has 0 saturated carbocycles. The third-order valence-corrected chi connectivity index (χ3v) is 6.73. The van der Waals surface area contributed by atoms with Gasteiger partial charge in [-0.05, 0) is 32.5 Å². The Kier molecular flexibility index (Phi) is 5.89. The Morgan fingerprint density at radius 3 is 2.57 bits per heavy atom. The summed E-state index contributed by atoms with van der Waals surface area (Å²) in [6, 6.07) is 12.0. The summed E-state index contributed by atoms with van der Waals surface area (Å²) < 4.78 is 0. The molecule has 2 aromatic heterocycles. The standard InChI is InChI=1S/C25H30N8O2/c1-25(2)22-18(16-33(25)24(34)35)23(30-29-22)28-20-15-21(32-13-11-31(3)12-14-32)27-19(26-20)10-9-17-7-5-4-6-8-17/h4-10,15H,11-14,16H2,1-3H3,(H,34,35)(H2,26,27,28,29,30)/b10-9+. The van der Waals surface area contributed by atoms with Crippen LogP contribution in [0, 0.1) is 0 Å². The van der Waals surface area contributed by atoms with Gasteiger partial charge in [-0.25, -0.2) is 14.8 Å². The first-order valence-corrected chi connectivity index (χ1v) is 11.7. The van der Waals surface area contributed by atoms with Crippen molar-refractivity contribution in [2.75, 3.05) is 43.4 Å². The molecular formula is C25H30N8O2. The fraction of sp³-hybridized carbons (Fsp3) is 0.360. The SMILES string of the molecule is CN1CCN(c2cc(Nc3n[nH]c4c3CN(C(=O)O)C4(C)C)nc(/C=C/c3ccccc3)n2)CC1. The first-order chi connectivity index (χ1) is 16.8. The minimum Gasteiger partial charge on any atom is -0.465 e. The number of hydrogen-bond donors (Lipinski definition) is 3. The van der Waals surface area contributed by atoms with E-state index in [0.717, 1.165) is 48.8 Å². The average molecular weight is 475 g/mol. The molecule has 0 atom stereocenters. The second kappa shape index (κ2) is 9.03. The summed E-state index contributed by atoms with van der Waals surface area (Å²) in [4.78, 5) is 27.3. The number of aromatic nitrogens is 4. The Bertz CT molecular complexity index is 1250. The average Bonchev–Trinajstić information content (AvgIpc) is 3.36. The summed E-state index contributed by atoms with van der Waals surface area (Å²) >= 11 is 0. The number of likely N-dealkylation sites (N-methyl/N-ethyl adjacent to an activating group) is 1. The number of rotatable bonds is 5. The Hall–Kier alpha value is -3.92. The van der Waals surface area contributed by atoms with E-state index in [1.807, 2.05) is 62.4 Å². The van der Waals surface area contributed by atoms with Crippen molar-refractivity contribution >= 4 is 35.7 Å². The molecule has 2 aliphatic rings. The van der Waals surface area contributed by atoms with E-state index in [2.05, 4.69) is 32.4 Å². The Morgan fingerprint density at radius 2 is 1.86 bits per heavy atom. The number of aromatic amines is 1. The van der Waals surface area contributed by atoms with Crippen LogP contribution in [0.15, 0.2) is 36.4 Å². The van der Waals surface area contributed by atoms with Crippen LogP contribution in [0.25, 0.3) is 12.2 Å². The van der Waals surface area contributed by atoms with E-state index >= 15 is 0 Å². The first kappa shape index (κ1) is 22.9. The number of carboxylic acid groups (broad SMARTS) is 1. The third-order valence-electron chi connectivity index (χ3n) is 6.73. The quantitative estimate of drug-likeness (QED) is 0.514. The number of hydrogen-bond acceptors (Lipinski definition) is 7. The van der Waals surface area contributed by atoms with E-state index in [-0.39, 0.29) is 6.54 Å². The molecule has 1 aromatic carbocycles. The van der Waals surface area contributed by atoms with Crippen molar-refractivity contribution < 1.29 is 9.90 Å². The fourth-order valence-corrected chi connectivity index (χ4v) is 4.57. The summed E-state index contributed by atoms with van der Waals surface area (Å²) in [6.07, 6.45) is 2.94. The van der Waals surface area contributed by atoms with Crippen LogP contribution in [-0.4, -0.2) is 74.4 Å². The lowest BCUT2D eigenvalue weighted by Crippen LogP contribution is -2.44. The number of H-pyrrole nitrogens is 1. The summed E-state index contributed by atoms with van der Waals surface area (Å²) in [6.45, 7) is 7.70. The van der Waals surface area contributed by atoms with Gasteiger partial charge in [-0.3, -0.25) is 10.00 Å². The number of amides is 1. The topological polar surface area (TPSA) is 114 Å². The highest BCUT2D eigenvalue weighted by molar-refractivity contribution is 5.72. The molecule has 3 aromatic rings. The zero-order valence-corrected chi connectivity index (χ0v) is 20.2. The molecule has 0 spiro atoms. The number of nitrogens with zero attached hydrogens (tertiary/aromatic N) is 6. The van der Waals surface area contributed by atoms with Crippen LogP contribution in [0.5, 0.6) is 0 Å². The molecule has 182 valence electrons. The first-order valence-electron chi connectivity index (χ1n) is 11.7. The molecule has 0 unspecified atom stereocenters. The summed E-state index contributed by atoms with van der Waals surface area (Å²) in [5.74, 6) is 2.64. The van der Waals surface area contributed by atoms with Crippen LogP contribution in [0.3, 0.4) is 0 Å². The molecule has 0 bridgehead atoms. The minimum absolute atomic E-state index is 0.258. The lowest BCUT2D eigenvalue weighted by molar-refractivity contribution is 0.0978. The molecule has 2 aliphatic heterocycles. The van der Waals surface area contributed by atoms with Crippen molar-refractivity contribution in [1.82, 2.24) is 30.0 Å². The third kappa shape index (κ3) is 4.57. The fourth-order valence-electron chi connectivity index (χ4n) is 4.57. The normalized spacial score (nSPS) is 17.7. The Balaban J connectivity index is 1.47. The van der Waals surface area contributed by atoms with Gasteiger partial charge < -0.3 is 20.2 Å².